The summed E-state index contributed by atoms with van der Waals surface area (Å²) in [7, 11) is 1.39. The number of nitrogens with zero attached hydrogens (tertiary/aromatic N) is 2. The summed E-state index contributed by atoms with van der Waals surface area (Å²) in [5.41, 5.74) is 2.33. The van der Waals surface area contributed by atoms with Crippen LogP contribution in [-0.4, -0.2) is 34.4 Å². The fourth-order valence-electron chi connectivity index (χ4n) is 4.73. The Morgan fingerprint density at radius 2 is 1.74 bits per heavy atom. The Morgan fingerprint density at radius 3 is 2.46 bits per heavy atom. The topological polar surface area (TPSA) is 89.8 Å². The molecule has 1 saturated carbocycles. The van der Waals surface area contributed by atoms with Crippen molar-refractivity contribution >= 4 is 28.4 Å². The second-order valence-electron chi connectivity index (χ2n) is 8.82. The van der Waals surface area contributed by atoms with Crippen molar-refractivity contribution in [1.29, 1.82) is 0 Å². The van der Waals surface area contributed by atoms with Gasteiger partial charge in [-0.3, -0.25) is 18.8 Å². The van der Waals surface area contributed by atoms with Crippen molar-refractivity contribution in [2.24, 2.45) is 5.92 Å². The predicted molar refractivity (Wildman–Crippen MR) is 130 cm³/mol. The van der Waals surface area contributed by atoms with Crippen LogP contribution in [0, 0.1) is 11.7 Å². The number of pyridine rings is 1. The smallest absolute Gasteiger partial charge is 0.308 e. The van der Waals surface area contributed by atoms with Crippen LogP contribution in [0.3, 0.4) is 0 Å². The van der Waals surface area contributed by atoms with E-state index in [2.05, 4.69) is 10.3 Å². The highest BCUT2D eigenvalue weighted by Gasteiger charge is 2.28. The van der Waals surface area contributed by atoms with Crippen molar-refractivity contribution in [1.82, 2.24) is 14.7 Å². The third kappa shape index (κ3) is 4.39. The Labute approximate surface area is 200 Å². The summed E-state index contributed by atoms with van der Waals surface area (Å²) < 4.78 is 19.5. The molecule has 7 nitrogen and oxygen atoms in total. The van der Waals surface area contributed by atoms with Crippen LogP contribution in [-0.2, 0) is 9.53 Å². The third-order valence-electron chi connectivity index (χ3n) is 6.66. The number of methoxy groups -OCH3 is 1. The van der Waals surface area contributed by atoms with E-state index in [-0.39, 0.29) is 40.9 Å². The lowest BCUT2D eigenvalue weighted by Gasteiger charge is -2.27. The fraction of sp³-hybridized carbons (Fsp3) is 0.259. The molecule has 2 heterocycles. The summed E-state index contributed by atoms with van der Waals surface area (Å²) >= 11 is 0. The molecule has 0 unspecified atom stereocenters. The molecule has 4 aromatic rings. The second-order valence-corrected chi connectivity index (χ2v) is 8.82. The van der Waals surface area contributed by atoms with Gasteiger partial charge in [0.25, 0.3) is 11.5 Å². The first-order valence-corrected chi connectivity index (χ1v) is 11.5. The number of hydrogen-bond donors (Lipinski definition) is 1. The summed E-state index contributed by atoms with van der Waals surface area (Å²) in [5, 5.41) is 3.44. The van der Waals surface area contributed by atoms with Crippen molar-refractivity contribution in [2.75, 3.05) is 7.11 Å². The maximum atomic E-state index is 13.3. The molecule has 2 aromatic heterocycles. The number of benzene rings is 2. The molecule has 0 aliphatic heterocycles. The van der Waals surface area contributed by atoms with Crippen LogP contribution in [0.2, 0.25) is 0 Å². The first-order chi connectivity index (χ1) is 16.9. The number of ether oxygens (including phenoxy) is 1. The van der Waals surface area contributed by atoms with Crippen molar-refractivity contribution < 1.29 is 18.7 Å². The highest BCUT2D eigenvalue weighted by molar-refractivity contribution is 6.01. The summed E-state index contributed by atoms with van der Waals surface area (Å²) in [5.74, 6) is -0.970. The van der Waals surface area contributed by atoms with Crippen LogP contribution in [0.25, 0.3) is 27.7 Å². The molecule has 178 valence electrons. The minimum Gasteiger partial charge on any atom is -0.469 e. The molecule has 1 aliphatic rings. The van der Waals surface area contributed by atoms with Crippen LogP contribution >= 0.6 is 0 Å². The first kappa shape index (κ1) is 22.7. The van der Waals surface area contributed by atoms with Gasteiger partial charge in [0.2, 0.25) is 0 Å². The van der Waals surface area contributed by atoms with Gasteiger partial charge in [0, 0.05) is 12.2 Å². The summed E-state index contributed by atoms with van der Waals surface area (Å²) in [6, 6.07) is 14.6. The van der Waals surface area contributed by atoms with E-state index in [0.29, 0.717) is 42.1 Å². The van der Waals surface area contributed by atoms with Gasteiger partial charge < -0.3 is 10.1 Å². The molecular weight excluding hydrogens is 449 g/mol. The predicted octanol–water partition coefficient (Wildman–Crippen LogP) is 4.12. The first-order valence-electron chi connectivity index (χ1n) is 11.5. The van der Waals surface area contributed by atoms with Gasteiger partial charge in [-0.2, -0.15) is 0 Å². The zero-order valence-electron chi connectivity index (χ0n) is 19.2. The van der Waals surface area contributed by atoms with Crippen LogP contribution in [0.1, 0.15) is 36.0 Å². The van der Waals surface area contributed by atoms with Crippen LogP contribution < -0.4 is 10.9 Å². The molecule has 0 saturated heterocycles. The highest BCUT2D eigenvalue weighted by atomic mass is 19.1. The molecule has 0 radical (unpaired) electrons. The van der Waals surface area contributed by atoms with Crippen LogP contribution in [0.4, 0.5) is 4.39 Å². The minimum atomic E-state index is -0.329. The minimum absolute atomic E-state index is 0.0610. The second kappa shape index (κ2) is 9.29. The zero-order chi connectivity index (χ0) is 24.5. The Kier molecular flexibility index (Phi) is 6.03. The molecule has 8 heteroatoms. The average Bonchev–Trinajstić information content (AvgIpc) is 2.89. The number of carbonyl (C=O) groups excluding carboxylic acids is 2. The normalized spacial score (nSPS) is 17.9. The number of amides is 1. The lowest BCUT2D eigenvalue weighted by molar-refractivity contribution is -0.146. The van der Waals surface area contributed by atoms with Gasteiger partial charge in [0.05, 0.1) is 29.5 Å². The quantitative estimate of drug-likeness (QED) is 0.356. The lowest BCUT2D eigenvalue weighted by atomic mass is 9.86. The van der Waals surface area contributed by atoms with E-state index in [1.165, 1.54) is 23.6 Å². The number of esters is 1. The molecular formula is C27H24FN3O4. The monoisotopic (exact) mass is 473 g/mol. The van der Waals surface area contributed by atoms with Crippen molar-refractivity contribution in [2.45, 2.75) is 31.7 Å². The van der Waals surface area contributed by atoms with Gasteiger partial charge in [0.1, 0.15) is 5.82 Å². The number of fused-ring (bicyclic) bond motifs is 2. The zero-order valence-corrected chi connectivity index (χ0v) is 19.2. The molecule has 1 amide bonds. The largest absolute Gasteiger partial charge is 0.469 e. The fourth-order valence-corrected chi connectivity index (χ4v) is 4.73. The maximum absolute atomic E-state index is 13.3. The van der Waals surface area contributed by atoms with E-state index < -0.39 is 0 Å². The molecule has 1 aliphatic carbocycles. The number of hydrogen-bond acceptors (Lipinski definition) is 5. The Balaban J connectivity index is 1.45. The van der Waals surface area contributed by atoms with Gasteiger partial charge in [-0.25, -0.2) is 9.37 Å². The van der Waals surface area contributed by atoms with Gasteiger partial charge in [-0.15, -0.1) is 0 Å². The van der Waals surface area contributed by atoms with E-state index >= 15 is 0 Å². The average molecular weight is 474 g/mol. The molecule has 1 N–H and O–H groups in total. The summed E-state index contributed by atoms with van der Waals surface area (Å²) in [6.07, 6.45) is 4.27. The molecule has 1 fully saturated rings. The maximum Gasteiger partial charge on any atom is 0.308 e. The molecule has 0 atom stereocenters. The number of aromatic nitrogens is 2. The number of carbonyl (C=O) groups is 2. The molecule has 0 spiro atoms. The highest BCUT2D eigenvalue weighted by Crippen LogP contribution is 2.26. The Morgan fingerprint density at radius 1 is 1.03 bits per heavy atom. The van der Waals surface area contributed by atoms with Crippen LogP contribution in [0.15, 0.2) is 65.6 Å². The third-order valence-corrected chi connectivity index (χ3v) is 6.66. The van der Waals surface area contributed by atoms with E-state index in [1.54, 1.807) is 42.6 Å². The SMILES string of the molecule is COC(=O)[C@H]1CC[C@@H](NC(=O)c2cccn3c(=O)c4cc(-c5ccc(F)cc5)ccc4nc23)CC1. The van der Waals surface area contributed by atoms with E-state index in [9.17, 15) is 18.8 Å². The Hall–Kier alpha value is -4.07. The van der Waals surface area contributed by atoms with Crippen molar-refractivity contribution in [3.8, 4) is 11.1 Å². The van der Waals surface area contributed by atoms with Gasteiger partial charge in [-0.1, -0.05) is 18.2 Å². The van der Waals surface area contributed by atoms with Crippen molar-refractivity contribution in [3.63, 3.8) is 0 Å². The number of rotatable bonds is 4. The summed E-state index contributed by atoms with van der Waals surface area (Å²) in [6.45, 7) is 0. The van der Waals surface area contributed by atoms with Gasteiger partial charge in [-0.05, 0) is 73.2 Å². The van der Waals surface area contributed by atoms with Crippen LogP contribution in [0.5, 0.6) is 0 Å². The van der Waals surface area contributed by atoms with E-state index in [4.69, 9.17) is 4.74 Å². The lowest BCUT2D eigenvalue weighted by Crippen LogP contribution is -2.39. The van der Waals surface area contributed by atoms with Gasteiger partial charge in [0.15, 0.2) is 5.65 Å². The van der Waals surface area contributed by atoms with Crippen molar-refractivity contribution in [3.05, 3.63) is 82.5 Å². The standard InChI is InChI=1S/C27H24FN3O4/c1-35-27(34)17-6-11-20(12-7-17)29-25(32)21-3-2-14-31-24(21)30-23-13-8-18(15-22(23)26(31)33)16-4-9-19(28)10-5-16/h2-5,8-10,13-15,17,20H,6-7,11-12H2,1H3,(H,29,32)/t17-,20+. The number of halogens is 1. The van der Waals surface area contributed by atoms with E-state index in [0.717, 1.165) is 11.1 Å². The number of nitrogens with one attached hydrogen (secondary N) is 1. The molecule has 5 rings (SSSR count). The Bertz CT molecular complexity index is 1490. The van der Waals surface area contributed by atoms with Gasteiger partial charge >= 0.3 is 5.97 Å². The molecule has 2 aromatic carbocycles. The van der Waals surface area contributed by atoms with E-state index in [1.807, 2.05) is 6.07 Å². The molecule has 35 heavy (non-hydrogen) atoms. The molecule has 0 bridgehead atoms. The summed E-state index contributed by atoms with van der Waals surface area (Å²) in [4.78, 5) is 42.8.